The Bertz CT molecular complexity index is 1270. The quantitative estimate of drug-likeness (QED) is 0.521. The van der Waals surface area contributed by atoms with Gasteiger partial charge in [-0.15, -0.1) is 11.3 Å². The topological polar surface area (TPSA) is 69.9 Å². The number of amides is 1. The number of thiophene rings is 1. The van der Waals surface area contributed by atoms with Crippen molar-refractivity contribution in [3.05, 3.63) is 69.8 Å². The van der Waals surface area contributed by atoms with Crippen LogP contribution < -0.4 is 0 Å². The summed E-state index contributed by atoms with van der Waals surface area (Å²) in [5.74, 6) is 6.22. The molecule has 33 heavy (non-hydrogen) atoms. The van der Waals surface area contributed by atoms with Crippen molar-refractivity contribution in [2.75, 3.05) is 7.05 Å². The molecule has 0 unspecified atom stereocenters. The first-order valence-electron chi connectivity index (χ1n) is 11.0. The molecule has 0 bridgehead atoms. The zero-order chi connectivity index (χ0) is 23.8. The van der Waals surface area contributed by atoms with E-state index in [0.717, 1.165) is 21.7 Å². The summed E-state index contributed by atoms with van der Waals surface area (Å²) < 4.78 is 0. The van der Waals surface area contributed by atoms with E-state index in [1.54, 1.807) is 25.3 Å². The summed E-state index contributed by atoms with van der Waals surface area (Å²) in [5.41, 5.74) is 4.18. The van der Waals surface area contributed by atoms with Crippen LogP contribution in [0.5, 0.6) is 0 Å². The number of likely N-dealkylation sites (N-methyl/N-ethyl adjacent to an activating group) is 1. The third kappa shape index (κ3) is 4.21. The summed E-state index contributed by atoms with van der Waals surface area (Å²) in [6.07, 6.45) is 2.02. The molecule has 6 heteroatoms. The summed E-state index contributed by atoms with van der Waals surface area (Å²) in [4.78, 5) is 24.7. The Balaban J connectivity index is 1.78. The molecule has 168 valence electrons. The maximum atomic E-state index is 13.5. The van der Waals surface area contributed by atoms with Gasteiger partial charge in [0.25, 0.3) is 0 Å². The molecule has 0 aliphatic carbocycles. The maximum Gasteiger partial charge on any atom is 0.236 e. The molecule has 0 spiro atoms. The second-order valence-electron chi connectivity index (χ2n) is 9.06. The molecule has 3 aromatic rings. The summed E-state index contributed by atoms with van der Waals surface area (Å²) in [6, 6.07) is 12.4. The Hall–Kier alpha value is -3.30. The average Bonchev–Trinajstić information content (AvgIpc) is 3.30. The van der Waals surface area contributed by atoms with Crippen molar-refractivity contribution in [1.82, 2.24) is 14.9 Å². The van der Waals surface area contributed by atoms with Crippen LogP contribution in [0.3, 0.4) is 0 Å². The van der Waals surface area contributed by atoms with Gasteiger partial charge in [0.1, 0.15) is 17.9 Å². The lowest BCUT2D eigenvalue weighted by Gasteiger charge is -2.44. The van der Waals surface area contributed by atoms with Crippen LogP contribution in [0.15, 0.2) is 48.1 Å². The molecule has 1 fully saturated rings. The fourth-order valence-corrected chi connectivity index (χ4v) is 5.56. The summed E-state index contributed by atoms with van der Waals surface area (Å²) in [5, 5.41) is 10.6. The molecule has 1 amide bonds. The number of carbonyl (C=O) groups is 1. The highest BCUT2D eigenvalue weighted by Gasteiger charge is 2.49. The van der Waals surface area contributed by atoms with E-state index in [4.69, 9.17) is 5.41 Å². The number of amidine groups is 1. The number of hydrogen-bond acceptors (Lipinski definition) is 5. The van der Waals surface area contributed by atoms with Crippen LogP contribution in [-0.2, 0) is 10.2 Å². The number of benzene rings is 1. The predicted octanol–water partition coefficient (Wildman–Crippen LogP) is 5.58. The minimum Gasteiger partial charge on any atom is -0.303 e. The normalized spacial score (nSPS) is 20.7. The summed E-state index contributed by atoms with van der Waals surface area (Å²) in [6.45, 7) is 8.22. The average molecular weight is 457 g/mol. The zero-order valence-electron chi connectivity index (χ0n) is 19.6. The van der Waals surface area contributed by atoms with E-state index >= 15 is 0 Å². The smallest absolute Gasteiger partial charge is 0.236 e. The van der Waals surface area contributed by atoms with Gasteiger partial charge in [-0.3, -0.25) is 10.2 Å². The van der Waals surface area contributed by atoms with E-state index in [-0.39, 0.29) is 11.8 Å². The van der Waals surface area contributed by atoms with E-state index in [9.17, 15) is 4.79 Å². The van der Waals surface area contributed by atoms with Gasteiger partial charge in [0.05, 0.1) is 11.6 Å². The minimum absolute atomic E-state index is 0.0384. The highest BCUT2D eigenvalue weighted by atomic mass is 32.1. The monoisotopic (exact) mass is 456 g/mol. The van der Waals surface area contributed by atoms with Crippen LogP contribution in [0.4, 0.5) is 0 Å². The lowest BCUT2D eigenvalue weighted by atomic mass is 9.67. The molecule has 2 atom stereocenters. The second kappa shape index (κ2) is 8.92. The van der Waals surface area contributed by atoms with Gasteiger partial charge < -0.3 is 4.90 Å². The Kier molecular flexibility index (Phi) is 6.18. The maximum absolute atomic E-state index is 13.5. The van der Waals surface area contributed by atoms with Crippen molar-refractivity contribution in [1.29, 1.82) is 5.41 Å². The van der Waals surface area contributed by atoms with Crippen LogP contribution >= 0.6 is 11.3 Å². The van der Waals surface area contributed by atoms with Crippen molar-refractivity contribution in [2.24, 2.45) is 0 Å². The van der Waals surface area contributed by atoms with Crippen LogP contribution in [0.2, 0.25) is 0 Å². The Morgan fingerprint density at radius 3 is 2.61 bits per heavy atom. The molecule has 2 aromatic heterocycles. The van der Waals surface area contributed by atoms with E-state index in [2.05, 4.69) is 78.3 Å². The van der Waals surface area contributed by atoms with Crippen molar-refractivity contribution >= 4 is 23.1 Å². The number of nitrogens with one attached hydrogen (secondary N) is 1. The summed E-state index contributed by atoms with van der Waals surface area (Å²) in [7, 11) is 1.71. The molecule has 5 nitrogen and oxygen atoms in total. The third-order valence-electron chi connectivity index (χ3n) is 6.47. The molecule has 1 saturated heterocycles. The molecule has 1 aromatic carbocycles. The number of carbonyl (C=O) groups excluding carboxylic acids is 1. The van der Waals surface area contributed by atoms with Gasteiger partial charge in [0.15, 0.2) is 0 Å². The molecule has 1 aliphatic heterocycles. The fourth-order valence-electron chi connectivity index (χ4n) is 4.46. The number of hydrogen-bond donors (Lipinski definition) is 1. The van der Waals surface area contributed by atoms with E-state index < -0.39 is 5.41 Å². The van der Waals surface area contributed by atoms with E-state index in [0.29, 0.717) is 23.9 Å². The molecular formula is C27H28N4OS. The van der Waals surface area contributed by atoms with Crippen molar-refractivity contribution in [3.8, 4) is 23.1 Å². The predicted molar refractivity (Wildman–Crippen MR) is 134 cm³/mol. The Morgan fingerprint density at radius 2 is 1.94 bits per heavy atom. The van der Waals surface area contributed by atoms with Crippen molar-refractivity contribution in [3.63, 3.8) is 0 Å². The van der Waals surface area contributed by atoms with Crippen LogP contribution in [0, 0.1) is 17.3 Å². The Morgan fingerprint density at radius 1 is 1.21 bits per heavy atom. The fraction of sp³-hybridized carbons (Fsp3) is 0.333. The molecule has 3 heterocycles. The van der Waals surface area contributed by atoms with Crippen molar-refractivity contribution < 1.29 is 4.79 Å². The van der Waals surface area contributed by atoms with Gasteiger partial charge in [-0.05, 0) is 42.0 Å². The SMILES string of the molecule is CC#Cc1cc(-c2csc([C@@]3(C)CC(=N)N(C)C(=O)[C@@H]3c3ccc(C(C)C)cc3)c2)ncn1. The first-order chi connectivity index (χ1) is 15.7. The molecular weight excluding hydrogens is 428 g/mol. The largest absolute Gasteiger partial charge is 0.303 e. The van der Waals surface area contributed by atoms with Gasteiger partial charge >= 0.3 is 0 Å². The van der Waals surface area contributed by atoms with Crippen LogP contribution in [0.25, 0.3) is 11.3 Å². The molecule has 4 rings (SSSR count). The number of likely N-dealkylation sites (tertiary alicyclic amines) is 1. The van der Waals surface area contributed by atoms with Gasteiger partial charge in [-0.2, -0.15) is 0 Å². The van der Waals surface area contributed by atoms with Gasteiger partial charge in [0, 0.05) is 34.7 Å². The van der Waals surface area contributed by atoms with Gasteiger partial charge in [-0.25, -0.2) is 9.97 Å². The highest BCUT2D eigenvalue weighted by molar-refractivity contribution is 7.10. The number of piperidine rings is 1. The van der Waals surface area contributed by atoms with Gasteiger partial charge in [0.2, 0.25) is 5.91 Å². The highest BCUT2D eigenvalue weighted by Crippen LogP contribution is 2.49. The standard InChI is InChI=1S/C27H28N4OS/c1-6-7-21-13-22(30-16-29-21)20-12-23(33-15-20)27(4)14-24(28)31(5)26(32)25(27)19-10-8-18(9-11-19)17(2)3/h8-13,15-17,25,28H,14H2,1-5H3/t25-,27+/m0/s1. The first kappa shape index (κ1) is 22.9. The number of rotatable bonds is 4. The number of nitrogens with zero attached hydrogens (tertiary/aromatic N) is 3. The first-order valence-corrected chi connectivity index (χ1v) is 11.9. The zero-order valence-corrected chi connectivity index (χ0v) is 20.5. The molecule has 1 N–H and O–H groups in total. The number of aromatic nitrogens is 2. The van der Waals surface area contributed by atoms with E-state index in [1.165, 1.54) is 16.8 Å². The third-order valence-corrected chi connectivity index (χ3v) is 7.68. The minimum atomic E-state index is -0.526. The Labute approximate surface area is 199 Å². The van der Waals surface area contributed by atoms with Crippen molar-refractivity contribution in [2.45, 2.75) is 51.4 Å². The van der Waals surface area contributed by atoms with Gasteiger partial charge in [-0.1, -0.05) is 51.0 Å². The van der Waals surface area contributed by atoms with Crippen LogP contribution in [-0.4, -0.2) is 33.7 Å². The molecule has 0 radical (unpaired) electrons. The lowest BCUT2D eigenvalue weighted by molar-refractivity contribution is -0.131. The summed E-state index contributed by atoms with van der Waals surface area (Å²) >= 11 is 1.62. The second-order valence-corrected chi connectivity index (χ2v) is 9.97. The molecule has 1 aliphatic rings. The van der Waals surface area contributed by atoms with Crippen LogP contribution in [0.1, 0.15) is 67.6 Å². The lowest BCUT2D eigenvalue weighted by Crippen LogP contribution is -2.51. The molecule has 0 saturated carbocycles. The van der Waals surface area contributed by atoms with E-state index in [1.807, 2.05) is 6.07 Å².